The molecule has 0 aliphatic carbocycles. The monoisotopic (exact) mass is 329 g/mol. The van der Waals surface area contributed by atoms with Crippen LogP contribution in [0.4, 0.5) is 5.69 Å². The number of benzene rings is 1. The van der Waals surface area contributed by atoms with Gasteiger partial charge in [-0.1, -0.05) is 12.1 Å². The molecule has 2 heterocycles. The molecule has 100 valence electrons. The minimum atomic E-state index is -0.380. The van der Waals surface area contributed by atoms with Gasteiger partial charge < -0.3 is 21.9 Å². The highest BCUT2D eigenvalue weighted by atomic mass is 79.9. The van der Waals surface area contributed by atoms with Crippen molar-refractivity contribution in [3.8, 4) is 6.07 Å². The van der Waals surface area contributed by atoms with E-state index in [1.807, 2.05) is 30.5 Å². The SMILES string of the molecule is CN1C(=O)C([n+]2cccc(C#N)c2)c2ccccc21.[Br-]. The summed E-state index contributed by atoms with van der Waals surface area (Å²) < 4.78 is 1.79. The minimum absolute atomic E-state index is 0. The van der Waals surface area contributed by atoms with E-state index < -0.39 is 0 Å². The predicted molar refractivity (Wildman–Crippen MR) is 69.3 cm³/mol. The number of carbonyl (C=O) groups is 1. The van der Waals surface area contributed by atoms with E-state index in [1.165, 1.54) is 0 Å². The Morgan fingerprint density at radius 1 is 1.25 bits per heavy atom. The summed E-state index contributed by atoms with van der Waals surface area (Å²) in [6.07, 6.45) is 3.53. The molecule has 2 aromatic rings. The van der Waals surface area contributed by atoms with E-state index in [-0.39, 0.29) is 28.9 Å². The first kappa shape index (κ1) is 14.2. The van der Waals surface area contributed by atoms with Gasteiger partial charge in [0.15, 0.2) is 12.4 Å². The Hall–Kier alpha value is -2.19. The van der Waals surface area contributed by atoms with E-state index in [4.69, 9.17) is 5.26 Å². The molecule has 0 fully saturated rings. The number of hydrogen-bond acceptors (Lipinski definition) is 2. The summed E-state index contributed by atoms with van der Waals surface area (Å²) in [6.45, 7) is 0. The van der Waals surface area contributed by atoms with Crippen molar-refractivity contribution in [3.63, 3.8) is 0 Å². The number of fused-ring (bicyclic) bond motifs is 1. The van der Waals surface area contributed by atoms with E-state index >= 15 is 0 Å². The van der Waals surface area contributed by atoms with Crippen LogP contribution >= 0.6 is 0 Å². The van der Waals surface area contributed by atoms with E-state index in [1.54, 1.807) is 34.8 Å². The molecule has 0 radical (unpaired) electrons. The average Bonchev–Trinajstić information content (AvgIpc) is 2.72. The maximum Gasteiger partial charge on any atom is 0.300 e. The zero-order chi connectivity index (χ0) is 13.4. The molecule has 1 aliphatic rings. The molecule has 20 heavy (non-hydrogen) atoms. The van der Waals surface area contributed by atoms with Crippen molar-refractivity contribution in [1.29, 1.82) is 5.26 Å². The van der Waals surface area contributed by atoms with E-state index in [9.17, 15) is 4.79 Å². The number of anilines is 1. The van der Waals surface area contributed by atoms with E-state index in [0.717, 1.165) is 11.3 Å². The van der Waals surface area contributed by atoms with Crippen molar-refractivity contribution in [2.24, 2.45) is 0 Å². The van der Waals surface area contributed by atoms with Gasteiger partial charge in [-0.2, -0.15) is 9.83 Å². The third-order valence-electron chi connectivity index (χ3n) is 3.41. The molecule has 1 aromatic heterocycles. The van der Waals surface area contributed by atoms with Gasteiger partial charge in [0.2, 0.25) is 0 Å². The number of nitriles is 1. The van der Waals surface area contributed by atoms with Crippen molar-refractivity contribution in [2.45, 2.75) is 6.04 Å². The topological polar surface area (TPSA) is 48.0 Å². The van der Waals surface area contributed by atoms with Crippen molar-refractivity contribution >= 4 is 11.6 Å². The first-order valence-corrected chi connectivity index (χ1v) is 6.00. The molecule has 0 spiro atoms. The first-order chi connectivity index (χ1) is 9.22. The molecule has 1 aromatic carbocycles. The van der Waals surface area contributed by atoms with Crippen molar-refractivity contribution in [2.75, 3.05) is 11.9 Å². The number of likely N-dealkylation sites (N-methyl/N-ethyl adjacent to an activating group) is 1. The number of aromatic nitrogens is 1. The van der Waals surface area contributed by atoms with Crippen LogP contribution in [0.25, 0.3) is 0 Å². The molecular formula is C15H12BrN3O. The van der Waals surface area contributed by atoms with Crippen molar-refractivity contribution in [3.05, 3.63) is 59.9 Å². The third kappa shape index (κ3) is 2.08. The maximum atomic E-state index is 12.4. The molecule has 0 bridgehead atoms. The Morgan fingerprint density at radius 2 is 2.00 bits per heavy atom. The molecule has 3 rings (SSSR count). The molecule has 1 unspecified atom stereocenters. The highest BCUT2D eigenvalue weighted by molar-refractivity contribution is 6.03. The highest BCUT2D eigenvalue weighted by Gasteiger charge is 2.41. The van der Waals surface area contributed by atoms with Gasteiger partial charge in [-0.15, -0.1) is 0 Å². The zero-order valence-electron chi connectivity index (χ0n) is 10.8. The molecule has 4 nitrogen and oxygen atoms in total. The number of para-hydroxylation sites is 1. The summed E-state index contributed by atoms with van der Waals surface area (Å²) >= 11 is 0. The summed E-state index contributed by atoms with van der Waals surface area (Å²) in [6, 6.07) is 13.0. The second kappa shape index (κ2) is 5.43. The van der Waals surface area contributed by atoms with E-state index in [2.05, 4.69) is 6.07 Å². The fourth-order valence-electron chi connectivity index (χ4n) is 2.47. The molecule has 1 aliphatic heterocycles. The van der Waals surface area contributed by atoms with Crippen LogP contribution in [-0.4, -0.2) is 13.0 Å². The van der Waals surface area contributed by atoms with Crippen LogP contribution in [0.1, 0.15) is 17.2 Å². The fourth-order valence-corrected chi connectivity index (χ4v) is 2.47. The summed E-state index contributed by atoms with van der Waals surface area (Å²) in [5.74, 6) is 0.0151. The van der Waals surface area contributed by atoms with Crippen LogP contribution in [0.5, 0.6) is 0 Å². The van der Waals surface area contributed by atoms with Crippen molar-refractivity contribution in [1.82, 2.24) is 0 Å². The molecule has 0 saturated heterocycles. The Balaban J connectivity index is 0.00000147. The van der Waals surface area contributed by atoms with Gasteiger partial charge >= 0.3 is 5.91 Å². The predicted octanol–water partition coefficient (Wildman–Crippen LogP) is -1.58. The highest BCUT2D eigenvalue weighted by Crippen LogP contribution is 2.33. The Bertz CT molecular complexity index is 708. The molecule has 5 heteroatoms. The van der Waals surface area contributed by atoms with Crippen LogP contribution in [-0.2, 0) is 4.79 Å². The molecule has 0 N–H and O–H groups in total. The summed E-state index contributed by atoms with van der Waals surface area (Å²) in [7, 11) is 1.77. The number of hydrogen-bond donors (Lipinski definition) is 0. The van der Waals surface area contributed by atoms with Gasteiger partial charge in [0, 0.05) is 13.1 Å². The quantitative estimate of drug-likeness (QED) is 0.593. The number of carbonyl (C=O) groups excluding carboxylic acids is 1. The van der Waals surface area contributed by atoms with E-state index in [0.29, 0.717) is 5.56 Å². The molecule has 1 amide bonds. The lowest BCUT2D eigenvalue weighted by molar-refractivity contribution is -0.699. The van der Waals surface area contributed by atoms with Crippen LogP contribution in [0.3, 0.4) is 0 Å². The normalized spacial score (nSPS) is 16.3. The van der Waals surface area contributed by atoms with Gasteiger partial charge in [0.25, 0.3) is 6.04 Å². The number of amides is 1. The van der Waals surface area contributed by atoms with Crippen LogP contribution < -0.4 is 26.4 Å². The molecule has 0 saturated carbocycles. The van der Waals surface area contributed by atoms with Gasteiger partial charge in [-0.05, 0) is 18.2 Å². The molecular weight excluding hydrogens is 318 g/mol. The number of nitrogens with zero attached hydrogens (tertiary/aromatic N) is 3. The van der Waals surface area contributed by atoms with Crippen LogP contribution in [0.2, 0.25) is 0 Å². The lowest BCUT2D eigenvalue weighted by Gasteiger charge is -2.08. The average molecular weight is 330 g/mol. The zero-order valence-corrected chi connectivity index (χ0v) is 12.4. The molecule has 1 atom stereocenters. The second-order valence-electron chi connectivity index (χ2n) is 4.51. The maximum absolute atomic E-state index is 12.4. The van der Waals surface area contributed by atoms with Gasteiger partial charge in [0.1, 0.15) is 11.6 Å². The number of halogens is 1. The smallest absolute Gasteiger partial charge is 0.300 e. The van der Waals surface area contributed by atoms with Crippen molar-refractivity contribution < 1.29 is 26.3 Å². The van der Waals surface area contributed by atoms with Gasteiger partial charge in [0.05, 0.1) is 11.3 Å². The first-order valence-electron chi connectivity index (χ1n) is 6.00. The summed E-state index contributed by atoms with van der Waals surface area (Å²) in [5.41, 5.74) is 2.43. The van der Waals surface area contributed by atoms with Crippen LogP contribution in [0.15, 0.2) is 48.8 Å². The lowest BCUT2D eigenvalue weighted by Crippen LogP contribution is -3.00. The number of rotatable bonds is 1. The third-order valence-corrected chi connectivity index (χ3v) is 3.41. The van der Waals surface area contributed by atoms with Gasteiger partial charge in [-0.3, -0.25) is 4.79 Å². The fraction of sp³-hybridized carbons (Fsp3) is 0.133. The lowest BCUT2D eigenvalue weighted by atomic mass is 10.1. The summed E-state index contributed by atoms with van der Waals surface area (Å²) in [5, 5.41) is 8.96. The standard InChI is InChI=1S/C15H12N3O.BrH/c1-17-13-7-3-2-6-12(13)14(15(17)19)18-8-4-5-11(9-16)10-18;/h2-8,10,14H,1H3;1H/q+1;/p-1. The van der Waals surface area contributed by atoms with Crippen LogP contribution in [0, 0.1) is 11.3 Å². The minimum Gasteiger partial charge on any atom is -1.00 e. The van der Waals surface area contributed by atoms with Gasteiger partial charge in [-0.25, -0.2) is 0 Å². The Labute approximate surface area is 127 Å². The largest absolute Gasteiger partial charge is 1.00 e. The second-order valence-corrected chi connectivity index (χ2v) is 4.51. The number of pyridine rings is 1. The summed E-state index contributed by atoms with van der Waals surface area (Å²) in [4.78, 5) is 14.0. The Kier molecular flexibility index (Phi) is 3.86. The Morgan fingerprint density at radius 3 is 2.75 bits per heavy atom.